The molecule has 0 saturated carbocycles. The molecule has 174 valence electrons. The van der Waals surface area contributed by atoms with Crippen molar-refractivity contribution in [1.82, 2.24) is 0 Å². The molecule has 0 aliphatic rings. The fraction of sp³-hybridized carbons (Fsp3) is 0.333. The zero-order chi connectivity index (χ0) is 24.4. The predicted molar refractivity (Wildman–Crippen MR) is 103 cm³/mol. The highest BCUT2D eigenvalue weighted by atomic mass is 32.2. The summed E-state index contributed by atoms with van der Waals surface area (Å²) in [5.74, 6) is -13.6. The molecule has 0 aromatic heterocycles. The van der Waals surface area contributed by atoms with Crippen LogP contribution in [-0.2, 0) is 29.6 Å². The molecule has 2 rings (SSSR count). The number of ketones is 1. The SMILES string of the molecule is CC(=O)C(C)(COS(=O)c1c(F)c(F)c(F)c(F)c1F)C(=O)OC(C)c1ccc(C)cc1. The second kappa shape index (κ2) is 9.86. The van der Waals surface area contributed by atoms with E-state index in [1.165, 1.54) is 6.92 Å². The highest BCUT2D eigenvalue weighted by molar-refractivity contribution is 7.80. The van der Waals surface area contributed by atoms with Crippen molar-refractivity contribution in [2.24, 2.45) is 5.41 Å². The van der Waals surface area contributed by atoms with Gasteiger partial charge in [0.15, 0.2) is 34.3 Å². The van der Waals surface area contributed by atoms with E-state index in [1.807, 2.05) is 6.92 Å². The first kappa shape index (κ1) is 25.6. The molecule has 0 spiro atoms. The van der Waals surface area contributed by atoms with Gasteiger partial charge in [-0.1, -0.05) is 29.8 Å². The van der Waals surface area contributed by atoms with Gasteiger partial charge >= 0.3 is 5.97 Å². The van der Waals surface area contributed by atoms with Crippen molar-refractivity contribution in [2.75, 3.05) is 6.61 Å². The summed E-state index contributed by atoms with van der Waals surface area (Å²) in [5.41, 5.74) is -0.496. The molecule has 2 aromatic carbocycles. The lowest BCUT2D eigenvalue weighted by Crippen LogP contribution is -2.41. The van der Waals surface area contributed by atoms with Crippen molar-refractivity contribution in [3.05, 3.63) is 64.5 Å². The number of halogens is 5. The van der Waals surface area contributed by atoms with Gasteiger partial charge in [-0.2, -0.15) is 0 Å². The molecule has 3 atom stereocenters. The molecular formula is C21H19F5O5S. The Balaban J connectivity index is 2.23. The molecule has 0 amide bonds. The summed E-state index contributed by atoms with van der Waals surface area (Å²) in [6, 6.07) is 6.96. The van der Waals surface area contributed by atoms with Crippen LogP contribution in [0.15, 0.2) is 29.2 Å². The van der Waals surface area contributed by atoms with Gasteiger partial charge in [-0.05, 0) is 33.3 Å². The van der Waals surface area contributed by atoms with Crippen molar-refractivity contribution in [3.63, 3.8) is 0 Å². The molecule has 3 unspecified atom stereocenters. The Kier molecular flexibility index (Phi) is 7.89. The molecule has 2 aromatic rings. The van der Waals surface area contributed by atoms with Crippen LogP contribution >= 0.6 is 0 Å². The number of hydrogen-bond acceptors (Lipinski definition) is 5. The third-order valence-electron chi connectivity index (χ3n) is 4.85. The van der Waals surface area contributed by atoms with E-state index in [4.69, 9.17) is 8.92 Å². The Labute approximate surface area is 183 Å². The fourth-order valence-corrected chi connectivity index (χ4v) is 3.39. The molecule has 5 nitrogen and oxygen atoms in total. The summed E-state index contributed by atoms with van der Waals surface area (Å²) in [6.45, 7) is 4.47. The van der Waals surface area contributed by atoms with Crippen molar-refractivity contribution in [2.45, 2.75) is 38.7 Å². The molecular weight excluding hydrogens is 459 g/mol. The van der Waals surface area contributed by atoms with Crippen molar-refractivity contribution >= 4 is 22.8 Å². The molecule has 0 fully saturated rings. The Morgan fingerprint density at radius 2 is 1.44 bits per heavy atom. The molecule has 0 N–H and O–H groups in total. The Hall–Kier alpha value is -2.66. The second-order valence-corrected chi connectivity index (χ2v) is 8.36. The van der Waals surface area contributed by atoms with E-state index in [2.05, 4.69) is 0 Å². The van der Waals surface area contributed by atoms with Gasteiger partial charge in [0.1, 0.15) is 22.2 Å². The lowest BCUT2D eigenvalue weighted by atomic mass is 9.87. The largest absolute Gasteiger partial charge is 0.457 e. The zero-order valence-corrected chi connectivity index (χ0v) is 18.2. The summed E-state index contributed by atoms with van der Waals surface area (Å²) >= 11 is -3.22. The van der Waals surface area contributed by atoms with Gasteiger partial charge in [-0.25, -0.2) is 26.2 Å². The highest BCUT2D eigenvalue weighted by Gasteiger charge is 2.43. The number of rotatable bonds is 8. The molecule has 0 radical (unpaired) electrons. The number of hydrogen-bond donors (Lipinski definition) is 0. The number of carbonyl (C=O) groups excluding carboxylic acids is 2. The van der Waals surface area contributed by atoms with E-state index in [0.717, 1.165) is 19.4 Å². The minimum atomic E-state index is -3.22. The third-order valence-corrected chi connectivity index (χ3v) is 5.87. The van der Waals surface area contributed by atoms with E-state index in [0.29, 0.717) is 5.56 Å². The van der Waals surface area contributed by atoms with E-state index >= 15 is 0 Å². The first-order valence-electron chi connectivity index (χ1n) is 9.16. The molecule has 0 heterocycles. The average molecular weight is 478 g/mol. The van der Waals surface area contributed by atoms with Gasteiger partial charge in [0.25, 0.3) is 0 Å². The van der Waals surface area contributed by atoms with Crippen LogP contribution in [0.4, 0.5) is 22.0 Å². The van der Waals surface area contributed by atoms with E-state index in [9.17, 15) is 35.8 Å². The van der Waals surface area contributed by atoms with Crippen LogP contribution < -0.4 is 0 Å². The summed E-state index contributed by atoms with van der Waals surface area (Å²) < 4.78 is 89.6. The van der Waals surface area contributed by atoms with Gasteiger partial charge in [-0.15, -0.1) is 0 Å². The van der Waals surface area contributed by atoms with Gasteiger partial charge in [-0.3, -0.25) is 13.8 Å². The van der Waals surface area contributed by atoms with Gasteiger partial charge in [0, 0.05) is 0 Å². The smallest absolute Gasteiger partial charge is 0.322 e. The molecule has 0 aliphatic heterocycles. The summed E-state index contributed by atoms with van der Waals surface area (Å²) in [5, 5.41) is 0. The van der Waals surface area contributed by atoms with Gasteiger partial charge in [0.2, 0.25) is 5.82 Å². The maximum Gasteiger partial charge on any atom is 0.322 e. The lowest BCUT2D eigenvalue weighted by Gasteiger charge is -2.26. The monoisotopic (exact) mass is 478 g/mol. The molecule has 0 bridgehead atoms. The summed E-state index contributed by atoms with van der Waals surface area (Å²) in [4.78, 5) is 23.0. The topological polar surface area (TPSA) is 69.7 Å². The summed E-state index contributed by atoms with van der Waals surface area (Å²) in [6.07, 6.45) is -0.789. The number of aryl methyl sites for hydroxylation is 1. The second-order valence-electron chi connectivity index (χ2n) is 7.24. The number of ether oxygens (including phenoxy) is 1. The summed E-state index contributed by atoms with van der Waals surface area (Å²) in [7, 11) is 0. The fourth-order valence-electron chi connectivity index (χ4n) is 2.46. The van der Waals surface area contributed by atoms with Crippen molar-refractivity contribution in [1.29, 1.82) is 0 Å². The Bertz CT molecular complexity index is 1040. The maximum atomic E-state index is 13.8. The number of benzene rings is 2. The van der Waals surface area contributed by atoms with Crippen LogP contribution in [-0.4, -0.2) is 22.6 Å². The highest BCUT2D eigenvalue weighted by Crippen LogP contribution is 2.29. The number of Topliss-reactive ketones (excluding diaryl/α,β-unsaturated/α-hetero) is 1. The third kappa shape index (κ3) is 5.04. The predicted octanol–water partition coefficient (Wildman–Crippen LogP) is 4.63. The zero-order valence-electron chi connectivity index (χ0n) is 17.4. The Morgan fingerprint density at radius 3 is 1.91 bits per heavy atom. The van der Waals surface area contributed by atoms with Crippen molar-refractivity contribution in [3.8, 4) is 0 Å². The number of carbonyl (C=O) groups is 2. The van der Waals surface area contributed by atoms with Crippen LogP contribution in [0.25, 0.3) is 0 Å². The van der Waals surface area contributed by atoms with E-state index in [-0.39, 0.29) is 0 Å². The van der Waals surface area contributed by atoms with Gasteiger partial charge in [0.05, 0.1) is 6.61 Å². The molecule has 0 saturated heterocycles. The molecule has 0 aliphatic carbocycles. The minimum Gasteiger partial charge on any atom is -0.457 e. The van der Waals surface area contributed by atoms with Crippen LogP contribution in [0.2, 0.25) is 0 Å². The maximum absolute atomic E-state index is 13.8. The first-order valence-corrected chi connectivity index (χ1v) is 10.2. The molecule has 32 heavy (non-hydrogen) atoms. The number of esters is 1. The molecule has 11 heteroatoms. The van der Waals surface area contributed by atoms with Crippen LogP contribution in [0.1, 0.15) is 38.0 Å². The Morgan fingerprint density at radius 1 is 0.969 bits per heavy atom. The van der Waals surface area contributed by atoms with Crippen LogP contribution in [0.3, 0.4) is 0 Å². The van der Waals surface area contributed by atoms with Crippen LogP contribution in [0.5, 0.6) is 0 Å². The van der Waals surface area contributed by atoms with E-state index in [1.54, 1.807) is 24.3 Å². The normalized spacial score (nSPS) is 15.0. The van der Waals surface area contributed by atoms with Gasteiger partial charge < -0.3 is 4.74 Å². The average Bonchev–Trinajstić information content (AvgIpc) is 2.74. The van der Waals surface area contributed by atoms with Crippen LogP contribution in [0, 0.1) is 41.4 Å². The minimum absolute atomic E-state index is 0.612. The van der Waals surface area contributed by atoms with E-state index < -0.39 is 74.9 Å². The standard InChI is InChI=1S/C21H19F5O5S/c1-10-5-7-13(8-6-10)11(2)31-20(28)21(4,12(3)27)9-30-32(29)19-17(25)15(23)14(22)16(24)18(19)26/h5-8,11H,9H2,1-4H3. The lowest BCUT2D eigenvalue weighted by molar-refractivity contribution is -0.165. The van der Waals surface area contributed by atoms with Crippen molar-refractivity contribution < 1.29 is 44.7 Å². The quantitative estimate of drug-likeness (QED) is 0.182. The first-order chi connectivity index (χ1) is 14.8.